The number of carbonyl (C=O) groups excluding carboxylic acids is 4. The number of β-lactam (4-membered cyclic amide) rings is 2. The van der Waals surface area contributed by atoms with Crippen LogP contribution in [0.25, 0.3) is 0 Å². The Labute approximate surface area is 360 Å². The summed E-state index contributed by atoms with van der Waals surface area (Å²) in [6.45, 7) is 1.52. The fraction of sp³-hybridized carbons (Fsp3) is 0.366. The number of hydrogen-bond donors (Lipinski definition) is 1. The topological polar surface area (TPSA) is 180 Å². The van der Waals surface area contributed by atoms with E-state index < -0.39 is 55.3 Å². The quantitative estimate of drug-likeness (QED) is 0.215. The molecule has 20 heteroatoms. The summed E-state index contributed by atoms with van der Waals surface area (Å²) in [4.78, 5) is 63.8. The molecule has 5 aliphatic heterocycles. The van der Waals surface area contributed by atoms with Crippen molar-refractivity contribution in [1.82, 2.24) is 30.1 Å². The van der Waals surface area contributed by atoms with Crippen molar-refractivity contribution < 1.29 is 37.1 Å². The number of anilines is 4. The van der Waals surface area contributed by atoms with Gasteiger partial charge in [-0.1, -0.05) is 29.1 Å². The van der Waals surface area contributed by atoms with Crippen LogP contribution in [0.1, 0.15) is 18.9 Å². The molecule has 3 aromatic carbocycles. The summed E-state index contributed by atoms with van der Waals surface area (Å²) in [5.41, 5.74) is 5.18. The van der Waals surface area contributed by atoms with Gasteiger partial charge in [-0.25, -0.2) is 18.1 Å². The first kappa shape index (κ1) is 40.7. The Morgan fingerprint density at radius 3 is 2.23 bits per heavy atom. The zero-order valence-electron chi connectivity index (χ0n) is 33.9. The third-order valence-electron chi connectivity index (χ3n) is 11.7. The molecule has 318 valence electrons. The molecule has 0 saturated carbocycles. The molecule has 1 N–H and O–H groups in total. The third-order valence-corrected chi connectivity index (χ3v) is 16.9. The van der Waals surface area contributed by atoms with E-state index >= 15 is 0 Å². The highest BCUT2D eigenvalue weighted by Crippen LogP contribution is 2.51. The molecule has 4 aromatic rings. The van der Waals surface area contributed by atoms with Crippen molar-refractivity contribution in [2.45, 2.75) is 63.9 Å². The molecule has 0 spiro atoms. The average molecular weight is 886 g/mol. The highest BCUT2D eigenvalue weighted by Gasteiger charge is 2.70. The number of nitrogens with one attached hydrogen (secondary N) is 1. The number of aromatic nitrogens is 3. The molecule has 1 unspecified atom stereocenters. The summed E-state index contributed by atoms with van der Waals surface area (Å²) in [5.74, 6) is -0.364. The Bertz CT molecular complexity index is 2530. The summed E-state index contributed by atoms with van der Waals surface area (Å²) in [5, 5.41) is 8.90. The summed E-state index contributed by atoms with van der Waals surface area (Å²) in [6.07, 6.45) is 3.94. The van der Waals surface area contributed by atoms with Gasteiger partial charge in [0.15, 0.2) is 9.84 Å². The number of amides is 4. The van der Waals surface area contributed by atoms with E-state index in [0.717, 1.165) is 48.6 Å². The van der Waals surface area contributed by atoms with E-state index in [0.29, 0.717) is 11.5 Å². The molecule has 17 nitrogen and oxygen atoms in total. The van der Waals surface area contributed by atoms with E-state index in [2.05, 4.69) is 27.8 Å². The number of rotatable bonds is 11. The summed E-state index contributed by atoms with van der Waals surface area (Å²) in [6, 6.07) is 17.0. The van der Waals surface area contributed by atoms with Crippen LogP contribution >= 0.6 is 23.5 Å². The van der Waals surface area contributed by atoms with Gasteiger partial charge in [0, 0.05) is 67.5 Å². The summed E-state index contributed by atoms with van der Waals surface area (Å²) >= 11 is 3.08. The standard InChI is InChI=1S/C41H43N9O8S3/c1-41(23-47-15-14-42-44-47)36(50-33(51)18-34(50)61(41,55)56)37(52)43-35-38(53)48-19-25(22-59-39(35)48)21-57-28-10-6-24(7-11-28)20-58-40(54)49-29-12-8-26(45(2)3)16-31(29)60-32-17-27(46(4)5)9-13-30(32)49/h6-17,19,34-36,39H,18,20-23H2,1-5H3,(H,43,52)/t34-,35-,36+,39?,41-/m1/s1. The zero-order chi connectivity index (χ0) is 43.0. The minimum atomic E-state index is -3.96. The predicted molar refractivity (Wildman–Crippen MR) is 229 cm³/mol. The van der Waals surface area contributed by atoms with Gasteiger partial charge in [-0.2, -0.15) is 0 Å². The van der Waals surface area contributed by atoms with E-state index in [1.165, 1.54) is 40.7 Å². The van der Waals surface area contributed by atoms with Crippen molar-refractivity contribution in [2.24, 2.45) is 0 Å². The van der Waals surface area contributed by atoms with Gasteiger partial charge in [0.25, 0.3) is 5.91 Å². The van der Waals surface area contributed by atoms with E-state index in [4.69, 9.17) is 9.47 Å². The normalized spacial score (nSPS) is 24.3. The van der Waals surface area contributed by atoms with Crippen molar-refractivity contribution in [1.29, 1.82) is 0 Å². The Balaban J connectivity index is 0.805. The molecule has 61 heavy (non-hydrogen) atoms. The van der Waals surface area contributed by atoms with Crippen molar-refractivity contribution in [3.63, 3.8) is 0 Å². The molecule has 5 aliphatic rings. The van der Waals surface area contributed by atoms with Crippen LogP contribution < -0.4 is 24.8 Å². The molecule has 9 rings (SSSR count). The molecule has 3 saturated heterocycles. The van der Waals surface area contributed by atoms with Crippen LogP contribution in [0.3, 0.4) is 0 Å². The number of benzene rings is 3. The number of nitrogens with zero attached hydrogens (tertiary/aromatic N) is 8. The minimum Gasteiger partial charge on any atom is -0.489 e. The summed E-state index contributed by atoms with van der Waals surface area (Å²) in [7, 11) is 3.96. The molecular formula is C41H43N9O8S3. The van der Waals surface area contributed by atoms with Gasteiger partial charge in [-0.3, -0.25) is 19.1 Å². The molecule has 4 amide bonds. The van der Waals surface area contributed by atoms with Gasteiger partial charge >= 0.3 is 6.09 Å². The van der Waals surface area contributed by atoms with Crippen molar-refractivity contribution in [3.8, 4) is 5.75 Å². The van der Waals surface area contributed by atoms with E-state index in [-0.39, 0.29) is 32.1 Å². The molecule has 0 radical (unpaired) electrons. The first-order valence-electron chi connectivity index (χ1n) is 19.5. The Hall–Kier alpha value is -5.73. The minimum absolute atomic E-state index is 0.0451. The third kappa shape index (κ3) is 6.93. The van der Waals surface area contributed by atoms with Crippen molar-refractivity contribution in [2.75, 3.05) is 55.3 Å². The van der Waals surface area contributed by atoms with Crippen molar-refractivity contribution >= 4 is 79.9 Å². The molecule has 0 bridgehead atoms. The van der Waals surface area contributed by atoms with Gasteiger partial charge in [-0.05, 0) is 66.6 Å². The number of hydrogen-bond acceptors (Lipinski definition) is 14. The monoisotopic (exact) mass is 885 g/mol. The van der Waals surface area contributed by atoms with Crippen LogP contribution in [0.2, 0.25) is 0 Å². The van der Waals surface area contributed by atoms with Crippen molar-refractivity contribution in [3.05, 3.63) is 90.4 Å². The Morgan fingerprint density at radius 2 is 1.62 bits per heavy atom. The predicted octanol–water partition coefficient (Wildman–Crippen LogP) is 3.83. The van der Waals surface area contributed by atoms with Crippen LogP contribution in [0.4, 0.5) is 27.5 Å². The molecule has 3 fully saturated rings. The number of ether oxygens (including phenoxy) is 2. The maximum absolute atomic E-state index is 13.8. The largest absolute Gasteiger partial charge is 0.489 e. The Kier molecular flexibility index (Phi) is 10.2. The highest BCUT2D eigenvalue weighted by molar-refractivity contribution is 8.00. The van der Waals surface area contributed by atoms with Crippen LogP contribution in [0.15, 0.2) is 94.6 Å². The van der Waals surface area contributed by atoms with Gasteiger partial charge in [0.1, 0.15) is 46.5 Å². The van der Waals surface area contributed by atoms with E-state index in [1.807, 2.05) is 74.4 Å². The van der Waals surface area contributed by atoms with Gasteiger partial charge in [0.05, 0.1) is 30.5 Å². The first-order valence-corrected chi connectivity index (χ1v) is 22.9. The van der Waals surface area contributed by atoms with Crippen LogP contribution in [0, 0.1) is 0 Å². The summed E-state index contributed by atoms with van der Waals surface area (Å²) < 4.78 is 38.8. The van der Waals surface area contributed by atoms with E-state index in [1.54, 1.807) is 35.0 Å². The first-order chi connectivity index (χ1) is 29.1. The van der Waals surface area contributed by atoms with Gasteiger partial charge < -0.3 is 34.4 Å². The second-order valence-electron chi connectivity index (χ2n) is 16.1. The molecule has 6 heterocycles. The lowest BCUT2D eigenvalue weighted by atomic mass is 9.94. The lowest BCUT2D eigenvalue weighted by molar-refractivity contribution is -0.152. The average Bonchev–Trinajstić information content (AvgIpc) is 3.80. The number of fused-ring (bicyclic) bond motifs is 4. The second-order valence-corrected chi connectivity index (χ2v) is 20.8. The molecule has 1 aromatic heterocycles. The number of sulfone groups is 1. The van der Waals surface area contributed by atoms with Crippen LogP contribution in [0.5, 0.6) is 5.75 Å². The van der Waals surface area contributed by atoms with Crippen LogP contribution in [-0.4, -0.2) is 125 Å². The smallest absolute Gasteiger partial charge is 0.419 e. The van der Waals surface area contributed by atoms with Gasteiger partial charge in [-0.15, -0.1) is 16.9 Å². The Morgan fingerprint density at radius 1 is 0.951 bits per heavy atom. The maximum atomic E-state index is 13.8. The molecule has 0 aliphatic carbocycles. The second kappa shape index (κ2) is 15.3. The van der Waals surface area contributed by atoms with E-state index in [9.17, 15) is 27.6 Å². The lowest BCUT2D eigenvalue weighted by Gasteiger charge is -2.48. The highest BCUT2D eigenvalue weighted by atomic mass is 32.2. The maximum Gasteiger partial charge on any atom is 0.419 e. The van der Waals surface area contributed by atoms with Crippen LogP contribution in [-0.2, 0) is 42.1 Å². The van der Waals surface area contributed by atoms with Gasteiger partial charge in [0.2, 0.25) is 11.8 Å². The molecule has 5 atom stereocenters. The fourth-order valence-electron chi connectivity index (χ4n) is 8.23. The lowest BCUT2D eigenvalue weighted by Crippen LogP contribution is -2.71. The SMILES string of the molecule is CN(C)c1ccc2c(c1)Sc1cc(N(C)C)ccc1N2C(=O)OCc1ccc(OCC2=CN3C(=O)[C@@H](NC(=O)[C@@H]4N5C(=O)C[C@H]5S(=O)(=O)[C@]4(C)Cn4ccnn4)C3SC2)cc1. The fourth-order valence-corrected chi connectivity index (χ4v) is 13.0. The number of thioether (sulfide) groups is 1. The molecular weight excluding hydrogens is 843 g/mol. The number of carbonyl (C=O) groups is 4. The zero-order valence-corrected chi connectivity index (χ0v) is 36.4.